The highest BCUT2D eigenvalue weighted by atomic mass is 16.5. The minimum Gasteiger partial charge on any atom is -0.468 e. The molecule has 7 nitrogen and oxygen atoms in total. The largest absolute Gasteiger partial charge is 0.468 e. The number of nitriles is 1. The van der Waals surface area contributed by atoms with Gasteiger partial charge in [-0.2, -0.15) is 5.26 Å². The van der Waals surface area contributed by atoms with Crippen LogP contribution in [0.25, 0.3) is 0 Å². The van der Waals surface area contributed by atoms with Crippen molar-refractivity contribution in [3.63, 3.8) is 0 Å². The Hall–Kier alpha value is -2.17. The van der Waals surface area contributed by atoms with E-state index in [2.05, 4.69) is 43.6 Å². The van der Waals surface area contributed by atoms with Gasteiger partial charge in [0.05, 0.1) is 37.1 Å². The average Bonchev–Trinajstić information content (AvgIpc) is 3.57. The maximum Gasteiger partial charge on any atom is 0.319 e. The summed E-state index contributed by atoms with van der Waals surface area (Å²) in [5.74, 6) is 1.48. The van der Waals surface area contributed by atoms with Gasteiger partial charge in [-0.15, -0.1) is 0 Å². The number of nitrogens with zero attached hydrogens (tertiary/aromatic N) is 4. The summed E-state index contributed by atoms with van der Waals surface area (Å²) in [7, 11) is 1.43. The number of piperazine rings is 1. The van der Waals surface area contributed by atoms with Crippen molar-refractivity contribution in [3.05, 3.63) is 22.4 Å². The Bertz CT molecular complexity index is 901. The number of aromatic nitrogens is 1. The molecule has 1 saturated carbocycles. The third kappa shape index (κ3) is 4.42. The second-order valence-electron chi connectivity index (χ2n) is 10.1. The fourth-order valence-electron chi connectivity index (χ4n) is 4.92. The molecule has 0 aromatic carbocycles. The maximum atomic E-state index is 11.9. The van der Waals surface area contributed by atoms with E-state index < -0.39 is 0 Å². The maximum absolute atomic E-state index is 11.9. The second-order valence-corrected chi connectivity index (χ2v) is 10.1. The first-order chi connectivity index (χ1) is 14.7. The van der Waals surface area contributed by atoms with E-state index in [-0.39, 0.29) is 17.6 Å². The third-order valence-electron chi connectivity index (χ3n) is 6.87. The topological polar surface area (TPSA) is 78.7 Å². The van der Waals surface area contributed by atoms with Crippen molar-refractivity contribution >= 4 is 11.8 Å². The van der Waals surface area contributed by atoms with Gasteiger partial charge in [-0.3, -0.25) is 9.69 Å². The van der Waals surface area contributed by atoms with Crippen LogP contribution in [0.1, 0.15) is 68.8 Å². The van der Waals surface area contributed by atoms with E-state index in [0.29, 0.717) is 30.6 Å². The van der Waals surface area contributed by atoms with Gasteiger partial charge in [0.2, 0.25) is 0 Å². The molecule has 2 fully saturated rings. The number of anilines is 1. The number of ether oxygens (including phenoxy) is 2. The van der Waals surface area contributed by atoms with E-state index in [1.54, 1.807) is 0 Å². The molecular formula is C24H34N4O3. The molecule has 1 aromatic rings. The van der Waals surface area contributed by atoms with E-state index in [1.807, 2.05) is 0 Å². The molecule has 0 bridgehead atoms. The molecule has 1 saturated heterocycles. The van der Waals surface area contributed by atoms with Crippen molar-refractivity contribution in [3.8, 4) is 6.07 Å². The Morgan fingerprint density at radius 1 is 1.32 bits per heavy atom. The van der Waals surface area contributed by atoms with Crippen LogP contribution in [0.15, 0.2) is 0 Å². The molecule has 4 rings (SSSR count). The molecule has 1 unspecified atom stereocenters. The van der Waals surface area contributed by atoms with E-state index >= 15 is 0 Å². The first-order valence-electron chi connectivity index (χ1n) is 11.4. The predicted octanol–water partition coefficient (Wildman–Crippen LogP) is 3.00. The van der Waals surface area contributed by atoms with E-state index in [0.717, 1.165) is 61.5 Å². The van der Waals surface area contributed by atoms with Crippen LogP contribution in [0.2, 0.25) is 0 Å². The third-order valence-corrected chi connectivity index (χ3v) is 6.87. The molecule has 31 heavy (non-hydrogen) atoms. The van der Waals surface area contributed by atoms with Gasteiger partial charge < -0.3 is 14.4 Å². The summed E-state index contributed by atoms with van der Waals surface area (Å²) in [6, 6.07) is 2.69. The lowest BCUT2D eigenvalue weighted by atomic mass is 9.87. The van der Waals surface area contributed by atoms with Crippen molar-refractivity contribution in [2.24, 2.45) is 5.92 Å². The Balaban J connectivity index is 1.70. The van der Waals surface area contributed by atoms with E-state index in [1.165, 1.54) is 7.11 Å². The molecule has 7 heteroatoms. The summed E-state index contributed by atoms with van der Waals surface area (Å²) in [5.41, 5.74) is 3.84. The molecule has 1 aliphatic carbocycles. The van der Waals surface area contributed by atoms with Crippen molar-refractivity contribution in [1.29, 1.82) is 5.26 Å². The fourth-order valence-corrected chi connectivity index (χ4v) is 4.92. The minimum atomic E-state index is -0.280. The van der Waals surface area contributed by atoms with Crippen molar-refractivity contribution in [1.82, 2.24) is 9.88 Å². The molecule has 0 spiro atoms. The van der Waals surface area contributed by atoms with Gasteiger partial charge in [0.15, 0.2) is 0 Å². The number of esters is 1. The van der Waals surface area contributed by atoms with Crippen LogP contribution in [-0.4, -0.2) is 60.8 Å². The summed E-state index contributed by atoms with van der Waals surface area (Å²) in [6.45, 7) is 11.6. The molecule has 0 radical (unpaired) electrons. The number of pyridine rings is 1. The van der Waals surface area contributed by atoms with Gasteiger partial charge in [0, 0.05) is 43.6 Å². The molecule has 1 atom stereocenters. The molecule has 3 aliphatic rings. The fraction of sp³-hybridized carbons (Fsp3) is 0.708. The standard InChI is InChI=1S/C24H34N4O3/c1-15(2)20-12-28(9-8-27(20)13-21(29)30-5)23-18(11-25)17-10-24(3,4)31-14-19(17)22(26-23)16-6-7-16/h15-16,20H,6-10,12-14H2,1-5H3. The van der Waals surface area contributed by atoms with Crippen LogP contribution in [0.3, 0.4) is 0 Å². The van der Waals surface area contributed by atoms with Crippen LogP contribution >= 0.6 is 0 Å². The number of fused-ring (bicyclic) bond motifs is 1. The van der Waals surface area contributed by atoms with Crippen LogP contribution in [0.5, 0.6) is 0 Å². The molecule has 0 N–H and O–H groups in total. The summed E-state index contributed by atoms with van der Waals surface area (Å²) < 4.78 is 11.0. The summed E-state index contributed by atoms with van der Waals surface area (Å²) in [6.07, 6.45) is 3.06. The monoisotopic (exact) mass is 426 g/mol. The van der Waals surface area contributed by atoms with Gasteiger partial charge in [-0.25, -0.2) is 4.98 Å². The highest BCUT2D eigenvalue weighted by Crippen LogP contribution is 2.45. The molecule has 3 heterocycles. The van der Waals surface area contributed by atoms with E-state index in [4.69, 9.17) is 14.5 Å². The smallest absolute Gasteiger partial charge is 0.319 e. The van der Waals surface area contributed by atoms with Crippen LogP contribution in [-0.2, 0) is 27.3 Å². The van der Waals surface area contributed by atoms with Crippen molar-refractivity contribution in [2.75, 3.05) is 38.2 Å². The Kier molecular flexibility index (Phi) is 5.97. The molecule has 1 aromatic heterocycles. The number of carbonyl (C=O) groups excluding carboxylic acids is 1. The van der Waals surface area contributed by atoms with E-state index in [9.17, 15) is 10.1 Å². The Morgan fingerprint density at radius 2 is 2.06 bits per heavy atom. The molecule has 2 aliphatic heterocycles. The normalized spacial score (nSPS) is 23.4. The van der Waals surface area contributed by atoms with Crippen LogP contribution in [0.4, 0.5) is 5.82 Å². The number of hydrogen-bond acceptors (Lipinski definition) is 7. The van der Waals surface area contributed by atoms with Gasteiger partial charge in [-0.05, 0) is 38.2 Å². The number of rotatable bonds is 5. The first kappa shape index (κ1) is 22.0. The zero-order chi connectivity index (χ0) is 22.3. The van der Waals surface area contributed by atoms with Gasteiger partial charge in [-0.1, -0.05) is 13.8 Å². The van der Waals surface area contributed by atoms with Crippen LogP contribution < -0.4 is 4.90 Å². The summed E-state index contributed by atoms with van der Waals surface area (Å²) >= 11 is 0. The quantitative estimate of drug-likeness (QED) is 0.670. The average molecular weight is 427 g/mol. The van der Waals surface area contributed by atoms with Gasteiger partial charge >= 0.3 is 5.97 Å². The van der Waals surface area contributed by atoms with Gasteiger partial charge in [0.1, 0.15) is 11.9 Å². The van der Waals surface area contributed by atoms with Gasteiger partial charge in [0.25, 0.3) is 0 Å². The number of carbonyl (C=O) groups is 1. The summed E-state index contributed by atoms with van der Waals surface area (Å²) in [5, 5.41) is 10.2. The van der Waals surface area contributed by atoms with Crippen molar-refractivity contribution < 1.29 is 14.3 Å². The summed E-state index contributed by atoms with van der Waals surface area (Å²) in [4.78, 5) is 21.5. The zero-order valence-electron chi connectivity index (χ0n) is 19.4. The zero-order valence-corrected chi connectivity index (χ0v) is 19.4. The highest BCUT2D eigenvalue weighted by Gasteiger charge is 2.39. The Morgan fingerprint density at radius 3 is 2.68 bits per heavy atom. The molecule has 0 amide bonds. The molecule has 168 valence electrons. The number of methoxy groups -OCH3 is 1. The SMILES string of the molecule is COC(=O)CN1CCN(c2nc(C3CC3)c3c(c2C#N)CC(C)(C)OC3)CC1C(C)C. The van der Waals surface area contributed by atoms with Crippen molar-refractivity contribution in [2.45, 2.75) is 71.1 Å². The Labute approximate surface area is 185 Å². The second kappa shape index (κ2) is 8.40. The lowest BCUT2D eigenvalue weighted by molar-refractivity contribution is -0.142. The van der Waals surface area contributed by atoms with Crippen LogP contribution in [0, 0.1) is 17.2 Å². The first-order valence-corrected chi connectivity index (χ1v) is 11.4. The highest BCUT2D eigenvalue weighted by molar-refractivity contribution is 5.71. The number of hydrogen-bond donors (Lipinski definition) is 0. The minimum absolute atomic E-state index is 0.196. The lowest BCUT2D eigenvalue weighted by Gasteiger charge is -2.44. The lowest BCUT2D eigenvalue weighted by Crippen LogP contribution is -2.57. The predicted molar refractivity (Wildman–Crippen MR) is 118 cm³/mol. The molecular weight excluding hydrogens is 392 g/mol.